The largest absolute Gasteiger partial charge is 0.325 e. The molecular weight excluding hydrogens is 444 g/mol. The minimum Gasteiger partial charge on any atom is -0.325 e. The van der Waals surface area contributed by atoms with Crippen molar-refractivity contribution in [3.05, 3.63) is 71.8 Å². The number of carbonyl (C=O) groups is 1. The maximum absolute atomic E-state index is 12.8. The number of aromatic nitrogens is 5. The molecule has 5 rings (SSSR count). The highest BCUT2D eigenvalue weighted by Gasteiger charge is 2.17. The Morgan fingerprint density at radius 2 is 1.88 bits per heavy atom. The molecule has 1 amide bonds. The van der Waals surface area contributed by atoms with Gasteiger partial charge in [0.1, 0.15) is 5.82 Å². The molecular formula is C26H28N6OS. The molecule has 0 atom stereocenters. The highest BCUT2D eigenvalue weighted by atomic mass is 32.2. The number of hydrogen-bond acceptors (Lipinski definition) is 5. The van der Waals surface area contributed by atoms with Gasteiger partial charge in [-0.15, -0.1) is 22.0 Å². The summed E-state index contributed by atoms with van der Waals surface area (Å²) in [6.45, 7) is 4.97. The normalized spacial score (nSPS) is 13.4. The zero-order valence-electron chi connectivity index (χ0n) is 19.5. The van der Waals surface area contributed by atoms with Gasteiger partial charge in [-0.25, -0.2) is 4.68 Å². The SMILES string of the molecule is Cc1nn(-c2ccccc2)c(C)c1SCC(=O)Nc1cccc(-c2nnc3n2CCCCC3)c1. The van der Waals surface area contributed by atoms with Gasteiger partial charge >= 0.3 is 0 Å². The fourth-order valence-electron chi connectivity index (χ4n) is 4.43. The van der Waals surface area contributed by atoms with E-state index < -0.39 is 0 Å². The lowest BCUT2D eigenvalue weighted by Gasteiger charge is -2.10. The first-order valence-electron chi connectivity index (χ1n) is 11.7. The summed E-state index contributed by atoms with van der Waals surface area (Å²) in [7, 11) is 0. The predicted octanol–water partition coefficient (Wildman–Crippen LogP) is 5.20. The number of amides is 1. The summed E-state index contributed by atoms with van der Waals surface area (Å²) in [4.78, 5) is 13.8. The molecule has 3 heterocycles. The van der Waals surface area contributed by atoms with E-state index >= 15 is 0 Å². The van der Waals surface area contributed by atoms with E-state index in [4.69, 9.17) is 0 Å². The smallest absolute Gasteiger partial charge is 0.234 e. The molecule has 34 heavy (non-hydrogen) atoms. The molecule has 0 saturated carbocycles. The van der Waals surface area contributed by atoms with Gasteiger partial charge in [0, 0.05) is 24.2 Å². The van der Waals surface area contributed by atoms with Crippen LogP contribution in [-0.4, -0.2) is 36.2 Å². The quantitative estimate of drug-likeness (QED) is 0.390. The van der Waals surface area contributed by atoms with Gasteiger partial charge in [0.2, 0.25) is 5.91 Å². The number of para-hydroxylation sites is 1. The van der Waals surface area contributed by atoms with E-state index in [0.29, 0.717) is 5.75 Å². The van der Waals surface area contributed by atoms with Crippen LogP contribution in [0.1, 0.15) is 36.5 Å². The number of anilines is 1. The van der Waals surface area contributed by atoms with Crippen LogP contribution >= 0.6 is 11.8 Å². The number of hydrogen-bond donors (Lipinski definition) is 1. The van der Waals surface area contributed by atoms with Crippen LogP contribution in [0.4, 0.5) is 5.69 Å². The predicted molar refractivity (Wildman–Crippen MR) is 135 cm³/mol. The molecule has 0 unspecified atom stereocenters. The number of fused-ring (bicyclic) bond motifs is 1. The van der Waals surface area contributed by atoms with Gasteiger partial charge in [-0.2, -0.15) is 5.10 Å². The Balaban J connectivity index is 1.27. The third kappa shape index (κ3) is 4.63. The number of rotatable bonds is 6. The minimum atomic E-state index is -0.0477. The number of carbonyl (C=O) groups excluding carboxylic acids is 1. The van der Waals surface area contributed by atoms with Crippen molar-refractivity contribution in [2.45, 2.75) is 51.0 Å². The molecule has 0 radical (unpaired) electrons. The summed E-state index contributed by atoms with van der Waals surface area (Å²) in [5.41, 5.74) is 4.72. The van der Waals surface area contributed by atoms with Crippen molar-refractivity contribution in [1.82, 2.24) is 24.5 Å². The lowest BCUT2D eigenvalue weighted by atomic mass is 10.2. The molecule has 0 saturated heterocycles. The third-order valence-electron chi connectivity index (χ3n) is 6.09. The van der Waals surface area contributed by atoms with E-state index in [-0.39, 0.29) is 5.91 Å². The van der Waals surface area contributed by atoms with Gasteiger partial charge in [0.05, 0.1) is 27.7 Å². The Morgan fingerprint density at radius 3 is 2.74 bits per heavy atom. The fourth-order valence-corrected chi connectivity index (χ4v) is 5.32. The van der Waals surface area contributed by atoms with Crippen LogP contribution < -0.4 is 5.32 Å². The minimum absolute atomic E-state index is 0.0477. The monoisotopic (exact) mass is 472 g/mol. The van der Waals surface area contributed by atoms with Gasteiger partial charge in [0.15, 0.2) is 5.82 Å². The van der Waals surface area contributed by atoms with Crippen molar-refractivity contribution in [3.8, 4) is 17.1 Å². The van der Waals surface area contributed by atoms with Gasteiger partial charge in [0.25, 0.3) is 0 Å². The van der Waals surface area contributed by atoms with Crippen molar-refractivity contribution < 1.29 is 4.79 Å². The fraction of sp³-hybridized carbons (Fsp3) is 0.308. The first kappa shape index (κ1) is 22.4. The van der Waals surface area contributed by atoms with Crippen LogP contribution in [0.3, 0.4) is 0 Å². The van der Waals surface area contributed by atoms with E-state index in [1.807, 2.05) is 73.1 Å². The molecule has 2 aromatic carbocycles. The lowest BCUT2D eigenvalue weighted by Crippen LogP contribution is -2.14. The average Bonchev–Trinajstić information content (AvgIpc) is 3.28. The third-order valence-corrected chi connectivity index (χ3v) is 7.37. The molecule has 8 heteroatoms. The van der Waals surface area contributed by atoms with Gasteiger partial charge in [-0.05, 0) is 51.0 Å². The Labute approximate surface area is 203 Å². The Morgan fingerprint density at radius 1 is 1.03 bits per heavy atom. The highest BCUT2D eigenvalue weighted by Crippen LogP contribution is 2.29. The molecule has 2 aromatic heterocycles. The Hall–Kier alpha value is -3.39. The van der Waals surface area contributed by atoms with Crippen molar-refractivity contribution in [2.75, 3.05) is 11.1 Å². The summed E-state index contributed by atoms with van der Waals surface area (Å²) in [6, 6.07) is 17.9. The number of benzene rings is 2. The van der Waals surface area contributed by atoms with Crippen LogP contribution in [0.2, 0.25) is 0 Å². The molecule has 1 N–H and O–H groups in total. The van der Waals surface area contributed by atoms with E-state index in [1.165, 1.54) is 18.2 Å². The van der Waals surface area contributed by atoms with Gasteiger partial charge < -0.3 is 9.88 Å². The molecule has 7 nitrogen and oxygen atoms in total. The van der Waals surface area contributed by atoms with Crippen LogP contribution in [0.25, 0.3) is 17.1 Å². The molecule has 0 bridgehead atoms. The summed E-state index contributed by atoms with van der Waals surface area (Å²) in [6.07, 6.45) is 4.50. The van der Waals surface area contributed by atoms with Crippen LogP contribution in [0.5, 0.6) is 0 Å². The summed E-state index contributed by atoms with van der Waals surface area (Å²) >= 11 is 1.52. The van der Waals surface area contributed by atoms with E-state index in [9.17, 15) is 4.79 Å². The topological polar surface area (TPSA) is 77.6 Å². The van der Waals surface area contributed by atoms with Crippen molar-refractivity contribution in [3.63, 3.8) is 0 Å². The summed E-state index contributed by atoms with van der Waals surface area (Å²) in [5, 5.41) is 16.6. The zero-order valence-corrected chi connectivity index (χ0v) is 20.3. The van der Waals surface area contributed by atoms with E-state index in [1.54, 1.807) is 0 Å². The summed E-state index contributed by atoms with van der Waals surface area (Å²) < 4.78 is 4.15. The van der Waals surface area contributed by atoms with Crippen molar-refractivity contribution >= 4 is 23.4 Å². The number of aryl methyl sites for hydroxylation is 2. The first-order valence-corrected chi connectivity index (χ1v) is 12.7. The Kier molecular flexibility index (Phi) is 6.49. The number of nitrogens with zero attached hydrogens (tertiary/aromatic N) is 5. The molecule has 4 aromatic rings. The van der Waals surface area contributed by atoms with Gasteiger partial charge in [-0.1, -0.05) is 36.8 Å². The standard InChI is InChI=1S/C26H28N6OS/c1-18-25(19(2)32(30-18)22-12-5-3-6-13-22)34-17-24(33)27-21-11-9-10-20(16-21)26-29-28-23-14-7-4-8-15-31(23)26/h3,5-6,9-13,16H,4,7-8,14-15,17H2,1-2H3,(H,27,33). The highest BCUT2D eigenvalue weighted by molar-refractivity contribution is 8.00. The van der Waals surface area contributed by atoms with Crippen LogP contribution in [0, 0.1) is 13.8 Å². The van der Waals surface area contributed by atoms with Gasteiger partial charge in [-0.3, -0.25) is 4.79 Å². The lowest BCUT2D eigenvalue weighted by molar-refractivity contribution is -0.113. The molecule has 1 aliphatic rings. The van der Waals surface area contributed by atoms with Crippen molar-refractivity contribution in [2.24, 2.45) is 0 Å². The average molecular weight is 473 g/mol. The second-order valence-corrected chi connectivity index (χ2v) is 9.55. The number of thioether (sulfide) groups is 1. The van der Waals surface area contributed by atoms with Crippen LogP contribution in [-0.2, 0) is 17.8 Å². The molecule has 174 valence electrons. The Bertz CT molecular complexity index is 1310. The first-order chi connectivity index (χ1) is 16.6. The zero-order chi connectivity index (χ0) is 23.5. The maximum atomic E-state index is 12.8. The van der Waals surface area contributed by atoms with E-state index in [0.717, 1.165) is 70.7 Å². The maximum Gasteiger partial charge on any atom is 0.234 e. The summed E-state index contributed by atoms with van der Waals surface area (Å²) in [5.74, 6) is 2.20. The second-order valence-electron chi connectivity index (χ2n) is 8.57. The van der Waals surface area contributed by atoms with Crippen molar-refractivity contribution in [1.29, 1.82) is 0 Å². The molecule has 0 aliphatic carbocycles. The molecule has 0 spiro atoms. The van der Waals surface area contributed by atoms with E-state index in [2.05, 4.69) is 25.2 Å². The molecule has 1 aliphatic heterocycles. The second kappa shape index (κ2) is 9.85. The number of nitrogens with one attached hydrogen (secondary N) is 1. The molecule has 0 fully saturated rings. The van der Waals surface area contributed by atoms with Crippen LogP contribution in [0.15, 0.2) is 59.5 Å².